The summed E-state index contributed by atoms with van der Waals surface area (Å²) in [5.41, 5.74) is 0.353. The van der Waals surface area contributed by atoms with Gasteiger partial charge in [-0.1, -0.05) is 13.8 Å². The highest BCUT2D eigenvalue weighted by Crippen LogP contribution is 2.29. The second-order valence-electron chi connectivity index (χ2n) is 6.80. The summed E-state index contributed by atoms with van der Waals surface area (Å²) >= 11 is 0. The average molecular weight is 408 g/mol. The molecule has 1 saturated heterocycles. The van der Waals surface area contributed by atoms with Crippen LogP contribution in [0.15, 0.2) is 17.0 Å². The Morgan fingerprint density at radius 1 is 1.22 bits per heavy atom. The fraction of sp³-hybridized carbons (Fsp3) is 0.611. The molecule has 1 fully saturated rings. The zero-order valence-corrected chi connectivity index (χ0v) is 16.4. The van der Waals surface area contributed by atoms with E-state index >= 15 is 0 Å². The number of carbonyl (C=O) groups is 1. The van der Waals surface area contributed by atoms with E-state index in [0.717, 1.165) is 12.5 Å². The van der Waals surface area contributed by atoms with Gasteiger partial charge in [-0.25, -0.2) is 4.39 Å². The van der Waals surface area contributed by atoms with Gasteiger partial charge in [-0.2, -0.15) is 13.2 Å². The van der Waals surface area contributed by atoms with Crippen molar-refractivity contribution in [1.82, 2.24) is 4.90 Å². The van der Waals surface area contributed by atoms with Crippen LogP contribution >= 0.6 is 0 Å². The Labute approximate surface area is 159 Å². The molecule has 0 aromatic heterocycles. The number of benzene rings is 1. The topological polar surface area (TPSA) is 40.6 Å². The van der Waals surface area contributed by atoms with Gasteiger partial charge in [-0.3, -0.25) is 9.00 Å². The number of halogens is 4. The minimum absolute atomic E-state index is 0.0122. The normalized spacial score (nSPS) is 17.7. The quantitative estimate of drug-likeness (QED) is 0.701. The third kappa shape index (κ3) is 5.43. The number of hydrogen-bond acceptors (Lipinski definition) is 3. The molecule has 0 saturated carbocycles. The lowest BCUT2D eigenvalue weighted by Crippen LogP contribution is -2.50. The van der Waals surface area contributed by atoms with Crippen LogP contribution in [0.5, 0.6) is 0 Å². The summed E-state index contributed by atoms with van der Waals surface area (Å²) in [4.78, 5) is 15.6. The Hall–Kier alpha value is -1.64. The van der Waals surface area contributed by atoms with Crippen LogP contribution in [0, 0.1) is 18.7 Å². The summed E-state index contributed by atoms with van der Waals surface area (Å²) in [5, 5.41) is 0. The number of carbonyl (C=O) groups excluding carboxylic acids is 1. The van der Waals surface area contributed by atoms with Gasteiger partial charge in [0.1, 0.15) is 11.6 Å². The fourth-order valence-electron chi connectivity index (χ4n) is 3.01. The van der Waals surface area contributed by atoms with E-state index < -0.39 is 28.5 Å². The lowest BCUT2D eigenvalue weighted by Gasteiger charge is -2.37. The summed E-state index contributed by atoms with van der Waals surface area (Å²) in [6, 6.07) is 2.37. The van der Waals surface area contributed by atoms with E-state index in [2.05, 4.69) is 0 Å². The first-order valence-electron chi connectivity index (χ1n) is 8.82. The van der Waals surface area contributed by atoms with Gasteiger partial charge in [0.05, 0.1) is 16.5 Å². The number of rotatable bonds is 5. The van der Waals surface area contributed by atoms with E-state index in [1.54, 1.807) is 9.80 Å². The van der Waals surface area contributed by atoms with Crippen molar-refractivity contribution in [2.45, 2.75) is 38.3 Å². The molecule has 1 aliphatic rings. The molecule has 0 aliphatic carbocycles. The van der Waals surface area contributed by atoms with Crippen molar-refractivity contribution in [2.75, 3.05) is 36.8 Å². The Morgan fingerprint density at radius 2 is 1.81 bits per heavy atom. The monoisotopic (exact) mass is 408 g/mol. The van der Waals surface area contributed by atoms with Crippen molar-refractivity contribution in [3.8, 4) is 0 Å². The van der Waals surface area contributed by atoms with Crippen LogP contribution < -0.4 is 4.90 Å². The van der Waals surface area contributed by atoms with E-state index in [-0.39, 0.29) is 28.0 Å². The molecule has 1 aliphatic heterocycles. The molecule has 1 aromatic rings. The highest BCUT2D eigenvalue weighted by Gasteiger charge is 2.32. The molecule has 9 heteroatoms. The smallest absolute Gasteiger partial charge is 0.366 e. The molecule has 1 heterocycles. The van der Waals surface area contributed by atoms with Crippen LogP contribution in [0.4, 0.5) is 23.2 Å². The molecular weight excluding hydrogens is 384 g/mol. The Morgan fingerprint density at radius 3 is 2.33 bits per heavy atom. The maximum atomic E-state index is 14.4. The Bertz CT molecular complexity index is 716. The summed E-state index contributed by atoms with van der Waals surface area (Å²) in [7, 11) is -2.29. The Kier molecular flexibility index (Phi) is 6.88. The predicted molar refractivity (Wildman–Crippen MR) is 96.7 cm³/mol. The molecule has 0 spiro atoms. The summed E-state index contributed by atoms with van der Waals surface area (Å²) in [5.74, 6) is -2.06. The largest absolute Gasteiger partial charge is 0.400 e. The number of anilines is 1. The molecule has 0 N–H and O–H groups in total. The molecule has 152 valence electrons. The van der Waals surface area contributed by atoms with Crippen LogP contribution in [0.3, 0.4) is 0 Å². The number of amides is 1. The SMILES string of the molecule is CCC(C)C(=O)N1CCN(c2cc(S(=O)CC(F)(F)F)c(C)cc2F)CC1. The lowest BCUT2D eigenvalue weighted by atomic mass is 10.1. The van der Waals surface area contributed by atoms with E-state index in [4.69, 9.17) is 0 Å². The van der Waals surface area contributed by atoms with Crippen molar-refractivity contribution in [1.29, 1.82) is 0 Å². The number of nitrogens with zero attached hydrogens (tertiary/aromatic N) is 2. The molecule has 2 rings (SSSR count). The first kappa shape index (κ1) is 21.7. The van der Waals surface area contributed by atoms with Crippen molar-refractivity contribution < 1.29 is 26.6 Å². The average Bonchev–Trinajstić information content (AvgIpc) is 2.59. The van der Waals surface area contributed by atoms with Crippen LogP contribution in [0.2, 0.25) is 0 Å². The lowest BCUT2D eigenvalue weighted by molar-refractivity contribution is -0.135. The molecular formula is C18H24F4N2O2S. The number of hydrogen-bond donors (Lipinski definition) is 0. The molecule has 1 amide bonds. The van der Waals surface area contributed by atoms with Crippen molar-refractivity contribution in [3.63, 3.8) is 0 Å². The van der Waals surface area contributed by atoms with Crippen molar-refractivity contribution in [2.24, 2.45) is 5.92 Å². The fourth-order valence-corrected chi connectivity index (χ4v) is 4.12. The molecule has 2 unspecified atom stereocenters. The molecule has 0 bridgehead atoms. The zero-order valence-electron chi connectivity index (χ0n) is 15.6. The highest BCUT2D eigenvalue weighted by atomic mass is 32.2. The van der Waals surface area contributed by atoms with E-state index in [1.165, 1.54) is 13.0 Å². The molecule has 4 nitrogen and oxygen atoms in total. The van der Waals surface area contributed by atoms with Gasteiger partial charge >= 0.3 is 6.18 Å². The van der Waals surface area contributed by atoms with Crippen LogP contribution in [-0.4, -0.2) is 53.1 Å². The first-order valence-corrected chi connectivity index (χ1v) is 10.1. The predicted octanol–water partition coefficient (Wildman–Crippen LogP) is 3.50. The second-order valence-corrected chi connectivity index (χ2v) is 8.22. The zero-order chi connectivity index (χ0) is 20.4. The minimum Gasteiger partial charge on any atom is -0.366 e. The molecule has 1 aromatic carbocycles. The van der Waals surface area contributed by atoms with Crippen molar-refractivity contribution in [3.05, 3.63) is 23.5 Å². The van der Waals surface area contributed by atoms with Gasteiger partial charge in [-0.05, 0) is 31.0 Å². The maximum absolute atomic E-state index is 14.4. The van der Waals surface area contributed by atoms with E-state index in [9.17, 15) is 26.6 Å². The highest BCUT2D eigenvalue weighted by molar-refractivity contribution is 7.85. The van der Waals surface area contributed by atoms with Gasteiger partial charge < -0.3 is 9.80 Å². The number of aryl methyl sites for hydroxylation is 1. The maximum Gasteiger partial charge on any atom is 0.400 e. The van der Waals surface area contributed by atoms with E-state index in [0.29, 0.717) is 26.2 Å². The molecule has 0 radical (unpaired) electrons. The van der Waals surface area contributed by atoms with Gasteiger partial charge in [0.25, 0.3) is 0 Å². The van der Waals surface area contributed by atoms with Gasteiger partial charge in [0.15, 0.2) is 0 Å². The standard InChI is InChI=1S/C18H24F4N2O2S/c1-4-12(2)17(25)24-7-5-23(6-8-24)15-10-16(13(3)9-14(15)19)27(26)11-18(20,21)22/h9-10,12H,4-8,11H2,1-3H3. The van der Waals surface area contributed by atoms with Gasteiger partial charge in [0.2, 0.25) is 5.91 Å². The number of alkyl halides is 3. The first-order chi connectivity index (χ1) is 12.5. The van der Waals surface area contributed by atoms with Crippen LogP contribution in [0.25, 0.3) is 0 Å². The second kappa shape index (κ2) is 8.58. The van der Waals surface area contributed by atoms with Gasteiger partial charge in [-0.15, -0.1) is 0 Å². The summed E-state index contributed by atoms with van der Waals surface area (Å²) < 4.78 is 64.2. The Balaban J connectivity index is 2.16. The van der Waals surface area contributed by atoms with E-state index in [1.807, 2.05) is 13.8 Å². The minimum atomic E-state index is -4.56. The summed E-state index contributed by atoms with van der Waals surface area (Å²) in [6.07, 6.45) is -3.83. The van der Waals surface area contributed by atoms with Crippen LogP contribution in [-0.2, 0) is 15.6 Å². The number of piperazine rings is 1. The third-order valence-corrected chi connectivity index (χ3v) is 6.27. The van der Waals surface area contributed by atoms with Crippen LogP contribution in [0.1, 0.15) is 25.8 Å². The third-order valence-electron chi connectivity index (χ3n) is 4.75. The van der Waals surface area contributed by atoms with Gasteiger partial charge in [0, 0.05) is 37.0 Å². The molecule has 2 atom stereocenters. The van der Waals surface area contributed by atoms with Crippen molar-refractivity contribution >= 4 is 22.4 Å². The summed E-state index contributed by atoms with van der Waals surface area (Å²) in [6.45, 7) is 6.80. The molecule has 27 heavy (non-hydrogen) atoms.